The van der Waals surface area contributed by atoms with Crippen LogP contribution in [0, 0.1) is 5.92 Å². The Bertz CT molecular complexity index is 480. The molecule has 0 saturated heterocycles. The largest absolute Gasteiger partial charge is 0.375 e. The van der Waals surface area contributed by atoms with Crippen molar-refractivity contribution in [3.63, 3.8) is 0 Å². The summed E-state index contributed by atoms with van der Waals surface area (Å²) in [6, 6.07) is 4.23. The molecule has 1 N–H and O–H groups in total. The first-order valence-corrected chi connectivity index (χ1v) is 8.74. The van der Waals surface area contributed by atoms with Crippen LogP contribution >= 0.6 is 22.7 Å². The number of aromatic nitrogens is 1. The van der Waals surface area contributed by atoms with Crippen LogP contribution in [0.5, 0.6) is 0 Å². The fourth-order valence-electron chi connectivity index (χ4n) is 1.77. The highest BCUT2D eigenvalue weighted by molar-refractivity contribution is 7.10. The Hall–Kier alpha value is -0.750. The van der Waals surface area contributed by atoms with Gasteiger partial charge < -0.3 is 10.1 Å². The lowest BCUT2D eigenvalue weighted by atomic mass is 10.2. The van der Waals surface area contributed by atoms with Gasteiger partial charge in [-0.1, -0.05) is 19.9 Å². The molecule has 2 heterocycles. The van der Waals surface area contributed by atoms with E-state index in [1.54, 1.807) is 22.7 Å². The van der Waals surface area contributed by atoms with Crippen molar-refractivity contribution in [3.05, 3.63) is 38.5 Å². The minimum Gasteiger partial charge on any atom is -0.375 e. The molecule has 20 heavy (non-hydrogen) atoms. The zero-order valence-corrected chi connectivity index (χ0v) is 13.7. The number of nitrogens with one attached hydrogen (secondary N) is 1. The second kappa shape index (κ2) is 8.52. The monoisotopic (exact) mass is 310 g/mol. The van der Waals surface area contributed by atoms with Gasteiger partial charge >= 0.3 is 0 Å². The minimum atomic E-state index is 0.617. The van der Waals surface area contributed by atoms with Crippen molar-refractivity contribution < 1.29 is 4.74 Å². The van der Waals surface area contributed by atoms with Gasteiger partial charge in [-0.2, -0.15) is 0 Å². The van der Waals surface area contributed by atoms with Crippen molar-refractivity contribution in [2.75, 3.05) is 13.2 Å². The fourth-order valence-corrected chi connectivity index (χ4v) is 3.21. The smallest absolute Gasteiger partial charge is 0.107 e. The van der Waals surface area contributed by atoms with Crippen molar-refractivity contribution in [1.29, 1.82) is 0 Å². The van der Waals surface area contributed by atoms with Crippen molar-refractivity contribution in [3.8, 4) is 0 Å². The summed E-state index contributed by atoms with van der Waals surface area (Å²) < 4.78 is 5.68. The number of hydrogen-bond acceptors (Lipinski definition) is 5. The first kappa shape index (κ1) is 15.6. The quantitative estimate of drug-likeness (QED) is 0.717. The van der Waals surface area contributed by atoms with Crippen LogP contribution in [0.15, 0.2) is 22.9 Å². The van der Waals surface area contributed by atoms with Gasteiger partial charge in [0, 0.05) is 23.2 Å². The van der Waals surface area contributed by atoms with Crippen LogP contribution in [0.2, 0.25) is 0 Å². The van der Waals surface area contributed by atoms with Gasteiger partial charge in [0.15, 0.2) is 0 Å². The molecule has 0 saturated carbocycles. The maximum absolute atomic E-state index is 5.68. The van der Waals surface area contributed by atoms with E-state index in [4.69, 9.17) is 4.74 Å². The summed E-state index contributed by atoms with van der Waals surface area (Å²) in [6.07, 6.45) is 0.991. The standard InChI is InChI=1S/C15H22N2OS2/c1-12(2)8-16-9-15-17-13(11-20-15)10-18-6-5-14-4-3-7-19-14/h3-4,7,11-12,16H,5-6,8-10H2,1-2H3. The van der Waals surface area contributed by atoms with E-state index in [9.17, 15) is 0 Å². The third kappa shape index (κ3) is 5.71. The average Bonchev–Trinajstić information content (AvgIpc) is 3.05. The van der Waals surface area contributed by atoms with Crippen molar-refractivity contribution in [2.24, 2.45) is 5.92 Å². The highest BCUT2D eigenvalue weighted by atomic mass is 32.1. The number of ether oxygens (including phenoxy) is 1. The van der Waals surface area contributed by atoms with Crippen LogP contribution in [0.4, 0.5) is 0 Å². The van der Waals surface area contributed by atoms with E-state index in [-0.39, 0.29) is 0 Å². The lowest BCUT2D eigenvalue weighted by molar-refractivity contribution is 0.122. The summed E-state index contributed by atoms with van der Waals surface area (Å²) in [4.78, 5) is 5.95. The van der Waals surface area contributed by atoms with Gasteiger partial charge in [-0.3, -0.25) is 0 Å². The van der Waals surface area contributed by atoms with Crippen molar-refractivity contribution in [1.82, 2.24) is 10.3 Å². The summed E-state index contributed by atoms with van der Waals surface area (Å²) in [7, 11) is 0. The molecule has 110 valence electrons. The molecule has 0 radical (unpaired) electrons. The molecule has 2 rings (SSSR count). The molecule has 0 atom stereocenters. The van der Waals surface area contributed by atoms with E-state index < -0.39 is 0 Å². The van der Waals surface area contributed by atoms with E-state index in [1.807, 2.05) is 0 Å². The Labute approximate surface area is 129 Å². The summed E-state index contributed by atoms with van der Waals surface area (Å²) in [5.41, 5.74) is 1.04. The number of hydrogen-bond donors (Lipinski definition) is 1. The van der Waals surface area contributed by atoms with Gasteiger partial charge in [-0.25, -0.2) is 4.98 Å². The van der Waals surface area contributed by atoms with Crippen molar-refractivity contribution >= 4 is 22.7 Å². The first-order valence-electron chi connectivity index (χ1n) is 6.98. The lowest BCUT2D eigenvalue weighted by Gasteiger charge is -2.04. The third-order valence-electron chi connectivity index (χ3n) is 2.75. The second-order valence-electron chi connectivity index (χ2n) is 5.14. The van der Waals surface area contributed by atoms with E-state index >= 15 is 0 Å². The van der Waals surface area contributed by atoms with Crippen LogP contribution in [-0.4, -0.2) is 18.1 Å². The molecule has 0 aromatic carbocycles. The molecule has 0 unspecified atom stereocenters. The Morgan fingerprint density at radius 3 is 3.00 bits per heavy atom. The van der Waals surface area contributed by atoms with Crippen LogP contribution in [0.25, 0.3) is 0 Å². The zero-order chi connectivity index (χ0) is 14.2. The normalized spacial score (nSPS) is 11.3. The Morgan fingerprint density at radius 2 is 2.25 bits per heavy atom. The second-order valence-corrected chi connectivity index (χ2v) is 7.11. The molecule has 0 aliphatic rings. The summed E-state index contributed by atoms with van der Waals surface area (Å²) in [6.45, 7) is 7.69. The zero-order valence-electron chi connectivity index (χ0n) is 12.1. The van der Waals surface area contributed by atoms with E-state index in [0.717, 1.165) is 36.8 Å². The molecule has 3 nitrogen and oxygen atoms in total. The molecule has 0 spiro atoms. The van der Waals surface area contributed by atoms with Crippen LogP contribution in [-0.2, 0) is 24.3 Å². The number of nitrogens with zero attached hydrogens (tertiary/aromatic N) is 1. The average molecular weight is 310 g/mol. The third-order valence-corrected chi connectivity index (χ3v) is 4.58. The summed E-state index contributed by atoms with van der Waals surface area (Å²) >= 11 is 3.49. The predicted molar refractivity (Wildman–Crippen MR) is 86.3 cm³/mol. The fraction of sp³-hybridized carbons (Fsp3) is 0.533. The van der Waals surface area contributed by atoms with Gasteiger partial charge in [0.1, 0.15) is 5.01 Å². The molecule has 0 amide bonds. The van der Waals surface area contributed by atoms with Crippen LogP contribution < -0.4 is 5.32 Å². The minimum absolute atomic E-state index is 0.617. The van der Waals surface area contributed by atoms with E-state index in [1.165, 1.54) is 4.88 Å². The highest BCUT2D eigenvalue weighted by Crippen LogP contribution is 2.12. The van der Waals surface area contributed by atoms with Crippen molar-refractivity contribution in [2.45, 2.75) is 33.4 Å². The first-order chi connectivity index (χ1) is 9.74. The molecular weight excluding hydrogens is 288 g/mol. The summed E-state index contributed by atoms with van der Waals surface area (Å²) in [5.74, 6) is 0.676. The van der Waals surface area contributed by atoms with Gasteiger partial charge in [0.2, 0.25) is 0 Å². The Morgan fingerprint density at radius 1 is 1.35 bits per heavy atom. The van der Waals surface area contributed by atoms with E-state index in [0.29, 0.717) is 12.5 Å². The maximum atomic E-state index is 5.68. The molecular formula is C15H22N2OS2. The van der Waals surface area contributed by atoms with Gasteiger partial charge in [-0.15, -0.1) is 22.7 Å². The van der Waals surface area contributed by atoms with E-state index in [2.05, 4.69) is 47.0 Å². The van der Waals surface area contributed by atoms with Crippen LogP contribution in [0.3, 0.4) is 0 Å². The maximum Gasteiger partial charge on any atom is 0.107 e. The van der Waals surface area contributed by atoms with Gasteiger partial charge in [-0.05, 0) is 23.9 Å². The van der Waals surface area contributed by atoms with Crippen LogP contribution in [0.1, 0.15) is 29.4 Å². The number of rotatable bonds is 9. The predicted octanol–water partition coefficient (Wildman–Crippen LogP) is 3.71. The number of thiophene rings is 1. The Balaban J connectivity index is 1.62. The molecule has 2 aromatic rings. The molecule has 2 aromatic heterocycles. The number of thiazole rings is 1. The van der Waals surface area contributed by atoms with Gasteiger partial charge in [0.05, 0.1) is 18.9 Å². The van der Waals surface area contributed by atoms with Gasteiger partial charge in [0.25, 0.3) is 0 Å². The Kier molecular flexibility index (Phi) is 6.66. The lowest BCUT2D eigenvalue weighted by Crippen LogP contribution is -2.18. The molecule has 5 heteroatoms. The molecule has 0 fully saturated rings. The molecule has 0 bridgehead atoms. The molecule has 0 aliphatic carbocycles. The molecule has 0 aliphatic heterocycles. The highest BCUT2D eigenvalue weighted by Gasteiger charge is 2.03. The summed E-state index contributed by atoms with van der Waals surface area (Å²) in [5, 5.41) is 8.75. The topological polar surface area (TPSA) is 34.2 Å². The SMILES string of the molecule is CC(C)CNCc1nc(COCCc2cccs2)cs1.